The van der Waals surface area contributed by atoms with Gasteiger partial charge < -0.3 is 14.7 Å². The molecule has 4 rings (SSSR count). The van der Waals surface area contributed by atoms with E-state index in [1.54, 1.807) is 12.1 Å². The molecule has 2 aromatic carbocycles. The predicted molar refractivity (Wildman–Crippen MR) is 110 cm³/mol. The van der Waals surface area contributed by atoms with Crippen molar-refractivity contribution in [1.29, 1.82) is 0 Å². The van der Waals surface area contributed by atoms with Gasteiger partial charge in [0.1, 0.15) is 5.75 Å². The second-order valence-electron chi connectivity index (χ2n) is 8.03. The van der Waals surface area contributed by atoms with Gasteiger partial charge in [-0.15, -0.1) is 0 Å². The number of nitrogens with zero attached hydrogens (tertiary/aromatic N) is 1. The second-order valence-corrected chi connectivity index (χ2v) is 8.03. The molecule has 2 aliphatic rings. The van der Waals surface area contributed by atoms with E-state index >= 15 is 0 Å². The van der Waals surface area contributed by atoms with Gasteiger partial charge in [-0.05, 0) is 79.5 Å². The molecule has 0 unspecified atom stereocenters. The molecule has 0 bridgehead atoms. The van der Waals surface area contributed by atoms with Gasteiger partial charge in [0.15, 0.2) is 0 Å². The van der Waals surface area contributed by atoms with Gasteiger partial charge >= 0.3 is 5.97 Å². The van der Waals surface area contributed by atoms with E-state index < -0.39 is 5.97 Å². The summed E-state index contributed by atoms with van der Waals surface area (Å²) in [6, 6.07) is 13.3. The summed E-state index contributed by atoms with van der Waals surface area (Å²) in [4.78, 5) is 25.8. The molecule has 1 aliphatic carbocycles. The first-order chi connectivity index (χ1) is 14.1. The maximum Gasteiger partial charge on any atom is 0.335 e. The standard InChI is InChI=1S/C24H27NO4/c26-23(25-13-12-18-9-10-19(24(27)28)15-20(18)16-25)11-8-17-4-3-7-22(14-17)29-21-5-1-2-6-21/h3-4,7,9-10,14-15,21H,1-2,5-6,8,11-13,16H2,(H,27,28). The number of ether oxygens (including phenoxy) is 1. The number of carboxylic acids is 1. The Morgan fingerprint density at radius 1 is 1.07 bits per heavy atom. The van der Waals surface area contributed by atoms with Crippen LogP contribution in [0.25, 0.3) is 0 Å². The van der Waals surface area contributed by atoms with Crippen molar-refractivity contribution in [3.05, 3.63) is 64.7 Å². The number of fused-ring (bicyclic) bond motifs is 1. The Kier molecular flexibility index (Phi) is 5.84. The van der Waals surface area contributed by atoms with Crippen molar-refractivity contribution in [2.24, 2.45) is 0 Å². The highest BCUT2D eigenvalue weighted by Gasteiger charge is 2.22. The Balaban J connectivity index is 1.34. The van der Waals surface area contributed by atoms with E-state index in [1.807, 2.05) is 29.2 Å². The summed E-state index contributed by atoms with van der Waals surface area (Å²) >= 11 is 0. The predicted octanol–water partition coefficient (Wildman–Crippen LogP) is 4.22. The Hall–Kier alpha value is -2.82. The Morgan fingerprint density at radius 3 is 2.69 bits per heavy atom. The quantitative estimate of drug-likeness (QED) is 0.798. The molecule has 152 valence electrons. The van der Waals surface area contributed by atoms with Crippen LogP contribution in [0.15, 0.2) is 42.5 Å². The highest BCUT2D eigenvalue weighted by atomic mass is 16.5. The molecule has 1 heterocycles. The summed E-state index contributed by atoms with van der Waals surface area (Å²) in [5.41, 5.74) is 3.46. The van der Waals surface area contributed by atoms with Gasteiger partial charge in [-0.1, -0.05) is 18.2 Å². The Morgan fingerprint density at radius 2 is 1.90 bits per heavy atom. The monoisotopic (exact) mass is 393 g/mol. The lowest BCUT2D eigenvalue weighted by molar-refractivity contribution is -0.132. The number of carbonyl (C=O) groups excluding carboxylic acids is 1. The summed E-state index contributed by atoms with van der Waals surface area (Å²) in [6.45, 7) is 1.17. The van der Waals surface area contributed by atoms with Crippen molar-refractivity contribution < 1.29 is 19.4 Å². The van der Waals surface area contributed by atoms with Gasteiger partial charge in [0, 0.05) is 19.5 Å². The smallest absolute Gasteiger partial charge is 0.335 e. The van der Waals surface area contributed by atoms with Crippen molar-refractivity contribution in [2.75, 3.05) is 6.54 Å². The molecular formula is C24H27NO4. The fraction of sp³-hybridized carbons (Fsp3) is 0.417. The first-order valence-electron chi connectivity index (χ1n) is 10.5. The number of carbonyl (C=O) groups is 2. The zero-order valence-electron chi connectivity index (χ0n) is 16.6. The zero-order chi connectivity index (χ0) is 20.2. The van der Waals surface area contributed by atoms with Crippen molar-refractivity contribution in [2.45, 2.75) is 57.6 Å². The van der Waals surface area contributed by atoms with Gasteiger partial charge in [0.05, 0.1) is 11.7 Å². The molecule has 1 N–H and O–H groups in total. The lowest BCUT2D eigenvalue weighted by Gasteiger charge is -2.29. The van der Waals surface area contributed by atoms with E-state index in [2.05, 4.69) is 6.07 Å². The van der Waals surface area contributed by atoms with Gasteiger partial charge in [-0.25, -0.2) is 4.79 Å². The molecule has 5 heteroatoms. The van der Waals surface area contributed by atoms with Crippen LogP contribution in [-0.4, -0.2) is 34.5 Å². The van der Waals surface area contributed by atoms with E-state index in [4.69, 9.17) is 4.74 Å². The molecule has 0 aromatic heterocycles. The second kappa shape index (κ2) is 8.68. The lowest BCUT2D eigenvalue weighted by Crippen LogP contribution is -2.36. The SMILES string of the molecule is O=C(O)c1ccc2c(c1)CN(C(=O)CCc1cccc(OC3CCCC3)c1)CC2. The number of hydrogen-bond acceptors (Lipinski definition) is 3. The van der Waals surface area contributed by atoms with E-state index in [-0.39, 0.29) is 11.5 Å². The lowest BCUT2D eigenvalue weighted by atomic mass is 9.97. The number of aryl methyl sites for hydroxylation is 1. The molecule has 0 atom stereocenters. The number of rotatable bonds is 6. The molecule has 0 saturated heterocycles. The van der Waals surface area contributed by atoms with Crippen molar-refractivity contribution in [3.8, 4) is 5.75 Å². The van der Waals surface area contributed by atoms with Crippen LogP contribution in [-0.2, 0) is 24.2 Å². The number of amides is 1. The van der Waals surface area contributed by atoms with Crippen LogP contribution >= 0.6 is 0 Å². The molecule has 1 amide bonds. The molecule has 5 nitrogen and oxygen atoms in total. The first kappa shape index (κ1) is 19.5. The summed E-state index contributed by atoms with van der Waals surface area (Å²) in [6.07, 6.45) is 6.96. The van der Waals surface area contributed by atoms with Crippen LogP contribution in [0.2, 0.25) is 0 Å². The molecular weight excluding hydrogens is 366 g/mol. The number of hydrogen-bond donors (Lipinski definition) is 1. The van der Waals surface area contributed by atoms with Crippen molar-refractivity contribution in [3.63, 3.8) is 0 Å². The first-order valence-corrected chi connectivity index (χ1v) is 10.5. The number of benzene rings is 2. The fourth-order valence-electron chi connectivity index (χ4n) is 4.29. The van der Waals surface area contributed by atoms with Gasteiger partial charge in [0.2, 0.25) is 5.91 Å². The summed E-state index contributed by atoms with van der Waals surface area (Å²) in [7, 11) is 0. The zero-order valence-corrected chi connectivity index (χ0v) is 16.6. The van der Waals surface area contributed by atoms with Crippen molar-refractivity contribution in [1.82, 2.24) is 4.90 Å². The maximum atomic E-state index is 12.7. The van der Waals surface area contributed by atoms with Crippen LogP contribution in [0.3, 0.4) is 0 Å². The van der Waals surface area contributed by atoms with Crippen LogP contribution in [0, 0.1) is 0 Å². The van der Waals surface area contributed by atoms with E-state index in [0.29, 0.717) is 32.0 Å². The number of carboxylic acid groups (broad SMARTS) is 1. The fourth-order valence-corrected chi connectivity index (χ4v) is 4.29. The third kappa shape index (κ3) is 4.78. The minimum absolute atomic E-state index is 0.110. The minimum atomic E-state index is -0.934. The minimum Gasteiger partial charge on any atom is -0.490 e. The van der Waals surface area contributed by atoms with Gasteiger partial charge in [-0.3, -0.25) is 4.79 Å². The molecule has 1 fully saturated rings. The van der Waals surface area contributed by atoms with Crippen LogP contribution < -0.4 is 4.74 Å². The topological polar surface area (TPSA) is 66.8 Å². The van der Waals surface area contributed by atoms with Crippen LogP contribution in [0.4, 0.5) is 0 Å². The summed E-state index contributed by atoms with van der Waals surface area (Å²) in [5, 5.41) is 9.19. The van der Waals surface area contributed by atoms with Crippen LogP contribution in [0.5, 0.6) is 5.75 Å². The highest BCUT2D eigenvalue weighted by Crippen LogP contribution is 2.25. The average Bonchev–Trinajstić information content (AvgIpc) is 3.24. The molecule has 2 aromatic rings. The molecule has 1 aliphatic heterocycles. The largest absolute Gasteiger partial charge is 0.490 e. The Labute approximate surface area is 171 Å². The Bertz CT molecular complexity index is 902. The van der Waals surface area contributed by atoms with Crippen LogP contribution in [0.1, 0.15) is 59.2 Å². The molecule has 1 saturated carbocycles. The van der Waals surface area contributed by atoms with Gasteiger partial charge in [-0.2, -0.15) is 0 Å². The normalized spacial score (nSPS) is 16.5. The van der Waals surface area contributed by atoms with Gasteiger partial charge in [0.25, 0.3) is 0 Å². The van der Waals surface area contributed by atoms with E-state index in [9.17, 15) is 14.7 Å². The van der Waals surface area contributed by atoms with E-state index in [0.717, 1.165) is 41.7 Å². The molecule has 0 spiro atoms. The van der Waals surface area contributed by atoms with E-state index in [1.165, 1.54) is 12.8 Å². The molecule has 29 heavy (non-hydrogen) atoms. The van der Waals surface area contributed by atoms with Crippen molar-refractivity contribution >= 4 is 11.9 Å². The third-order valence-corrected chi connectivity index (χ3v) is 5.95. The summed E-state index contributed by atoms with van der Waals surface area (Å²) < 4.78 is 6.07. The highest BCUT2D eigenvalue weighted by molar-refractivity contribution is 5.88. The molecule has 0 radical (unpaired) electrons. The average molecular weight is 393 g/mol. The third-order valence-electron chi connectivity index (χ3n) is 5.95. The number of aromatic carboxylic acids is 1. The maximum absolute atomic E-state index is 12.7. The summed E-state index contributed by atoms with van der Waals surface area (Å²) in [5.74, 6) is 0.0735.